The number of rotatable bonds is 12. The Kier molecular flexibility index (Phi) is 17.3. The van der Waals surface area contributed by atoms with E-state index in [0.717, 1.165) is 12.8 Å². The highest BCUT2D eigenvalue weighted by Crippen LogP contribution is 2.10. The molecule has 114 valence electrons. The van der Waals surface area contributed by atoms with Gasteiger partial charge in [-0.05, 0) is 24.7 Å². The van der Waals surface area contributed by atoms with Gasteiger partial charge in [0.15, 0.2) is 0 Å². The molecule has 0 aromatic carbocycles. The summed E-state index contributed by atoms with van der Waals surface area (Å²) >= 11 is 0. The Balaban J connectivity index is 3.19. The largest absolute Gasteiger partial charge is 0.0891 e. The molecule has 0 aliphatic carbocycles. The van der Waals surface area contributed by atoms with Gasteiger partial charge in [0.05, 0.1) is 0 Å². The molecule has 0 heterocycles. The molecule has 0 aromatic rings. The van der Waals surface area contributed by atoms with Gasteiger partial charge in [0.25, 0.3) is 0 Å². The Morgan fingerprint density at radius 2 is 0.800 bits per heavy atom. The molecule has 0 rings (SSSR count). The fourth-order valence-corrected chi connectivity index (χ4v) is 2.20. The summed E-state index contributed by atoms with van der Waals surface area (Å²) in [6, 6.07) is 0. The minimum absolute atomic E-state index is 1.01. The minimum atomic E-state index is 1.01. The molecule has 0 amide bonds. The molecule has 0 aliphatic heterocycles. The second-order valence-corrected chi connectivity index (χ2v) is 5.64. The first-order valence-electron chi connectivity index (χ1n) is 8.87. The van der Waals surface area contributed by atoms with Gasteiger partial charge in [-0.3, -0.25) is 0 Å². The van der Waals surface area contributed by atoms with Crippen LogP contribution in [-0.2, 0) is 0 Å². The molecular formula is C20H34. The zero-order chi connectivity index (χ0) is 14.7. The molecule has 0 bridgehead atoms. The Hall–Kier alpha value is -0.880. The first-order chi connectivity index (χ1) is 9.91. The van der Waals surface area contributed by atoms with Gasteiger partial charge in [0, 0.05) is 12.8 Å². The van der Waals surface area contributed by atoms with Gasteiger partial charge in [0.2, 0.25) is 0 Å². The maximum Gasteiger partial charge on any atom is 0.00989 e. The van der Waals surface area contributed by atoms with Gasteiger partial charge in [-0.15, -0.1) is 0 Å². The maximum absolute atomic E-state index is 3.17. The second-order valence-electron chi connectivity index (χ2n) is 5.64. The molecule has 0 unspecified atom stereocenters. The lowest BCUT2D eigenvalue weighted by Crippen LogP contribution is -1.80. The van der Waals surface area contributed by atoms with Crippen LogP contribution in [0.5, 0.6) is 0 Å². The Labute approximate surface area is 128 Å². The standard InChI is InChI=1S/C20H34/c1-3-5-7-9-11-13-15-17-19-20-18-16-14-12-10-8-6-4-2/h3-11,13,15,17,19-20H2,1-2H3. The molecule has 0 atom stereocenters. The van der Waals surface area contributed by atoms with Gasteiger partial charge in [-0.25, -0.2) is 0 Å². The number of hydrogen-bond acceptors (Lipinski definition) is 0. The first kappa shape index (κ1) is 19.1. The highest BCUT2D eigenvalue weighted by molar-refractivity contribution is 5.25. The van der Waals surface area contributed by atoms with E-state index in [1.54, 1.807) is 0 Å². The summed E-state index contributed by atoms with van der Waals surface area (Å²) in [6.45, 7) is 4.50. The minimum Gasteiger partial charge on any atom is -0.0891 e. The van der Waals surface area contributed by atoms with Crippen molar-refractivity contribution in [2.45, 2.75) is 104 Å². The monoisotopic (exact) mass is 274 g/mol. The van der Waals surface area contributed by atoms with Crippen molar-refractivity contribution < 1.29 is 0 Å². The average molecular weight is 274 g/mol. The predicted octanol–water partition coefficient (Wildman–Crippen LogP) is 6.49. The van der Waals surface area contributed by atoms with Crippen LogP contribution in [0.3, 0.4) is 0 Å². The van der Waals surface area contributed by atoms with Gasteiger partial charge >= 0.3 is 0 Å². The molecule has 0 nitrogen and oxygen atoms in total. The van der Waals surface area contributed by atoms with E-state index in [9.17, 15) is 0 Å². The van der Waals surface area contributed by atoms with Crippen LogP contribution in [0.4, 0.5) is 0 Å². The van der Waals surface area contributed by atoms with E-state index in [-0.39, 0.29) is 0 Å². The van der Waals surface area contributed by atoms with Crippen molar-refractivity contribution in [2.24, 2.45) is 0 Å². The maximum atomic E-state index is 3.17. The van der Waals surface area contributed by atoms with Gasteiger partial charge in [0.1, 0.15) is 0 Å². The van der Waals surface area contributed by atoms with Gasteiger partial charge in [-0.1, -0.05) is 89.9 Å². The van der Waals surface area contributed by atoms with Crippen LogP contribution in [0.1, 0.15) is 104 Å². The van der Waals surface area contributed by atoms with Crippen LogP contribution in [0.2, 0.25) is 0 Å². The Morgan fingerprint density at radius 3 is 1.30 bits per heavy atom. The number of hydrogen-bond donors (Lipinski definition) is 0. The topological polar surface area (TPSA) is 0 Å². The zero-order valence-electron chi connectivity index (χ0n) is 13.9. The molecule has 0 heteroatoms. The molecule has 20 heavy (non-hydrogen) atoms. The Bertz CT molecular complexity index is 291. The third-order valence-corrected chi connectivity index (χ3v) is 3.55. The van der Waals surface area contributed by atoms with Crippen molar-refractivity contribution in [1.82, 2.24) is 0 Å². The summed E-state index contributed by atoms with van der Waals surface area (Å²) in [7, 11) is 0. The molecule has 0 radical (unpaired) electrons. The SMILES string of the molecule is CCCCCC#CC#CCCCCCCCCCCC. The first-order valence-corrected chi connectivity index (χ1v) is 8.87. The van der Waals surface area contributed by atoms with Gasteiger partial charge in [-0.2, -0.15) is 0 Å². The van der Waals surface area contributed by atoms with Crippen LogP contribution < -0.4 is 0 Å². The van der Waals surface area contributed by atoms with Crippen LogP contribution in [0, 0.1) is 23.7 Å². The summed E-state index contributed by atoms with van der Waals surface area (Å²) < 4.78 is 0. The van der Waals surface area contributed by atoms with Crippen LogP contribution in [0.25, 0.3) is 0 Å². The van der Waals surface area contributed by atoms with Crippen molar-refractivity contribution >= 4 is 0 Å². The smallest absolute Gasteiger partial charge is 0.00989 e. The molecular weight excluding hydrogens is 240 g/mol. The summed E-state index contributed by atoms with van der Waals surface area (Å²) in [4.78, 5) is 0. The van der Waals surface area contributed by atoms with Crippen LogP contribution in [0.15, 0.2) is 0 Å². The summed E-state index contributed by atoms with van der Waals surface area (Å²) in [5.41, 5.74) is 0. The summed E-state index contributed by atoms with van der Waals surface area (Å²) in [6.07, 6.45) is 18.3. The van der Waals surface area contributed by atoms with Crippen molar-refractivity contribution in [2.75, 3.05) is 0 Å². The van der Waals surface area contributed by atoms with Crippen LogP contribution >= 0.6 is 0 Å². The number of unbranched alkanes of at least 4 members (excludes halogenated alkanes) is 12. The summed E-state index contributed by atoms with van der Waals surface area (Å²) in [5, 5.41) is 0. The third-order valence-electron chi connectivity index (χ3n) is 3.55. The lowest BCUT2D eigenvalue weighted by atomic mass is 10.1. The summed E-state index contributed by atoms with van der Waals surface area (Å²) in [5.74, 6) is 12.2. The highest BCUT2D eigenvalue weighted by atomic mass is 14.0. The van der Waals surface area contributed by atoms with Crippen molar-refractivity contribution in [3.05, 3.63) is 0 Å². The molecule has 0 saturated carbocycles. The highest BCUT2D eigenvalue weighted by Gasteiger charge is 1.90. The molecule has 0 aliphatic rings. The fraction of sp³-hybridized carbons (Fsp3) is 0.800. The van der Waals surface area contributed by atoms with Crippen molar-refractivity contribution in [1.29, 1.82) is 0 Å². The van der Waals surface area contributed by atoms with E-state index < -0.39 is 0 Å². The second kappa shape index (κ2) is 18.1. The molecule has 0 fully saturated rings. The van der Waals surface area contributed by atoms with Crippen molar-refractivity contribution in [3.8, 4) is 23.7 Å². The third kappa shape index (κ3) is 17.1. The van der Waals surface area contributed by atoms with E-state index in [4.69, 9.17) is 0 Å². The zero-order valence-corrected chi connectivity index (χ0v) is 13.9. The fourth-order valence-electron chi connectivity index (χ4n) is 2.20. The molecule has 0 spiro atoms. The van der Waals surface area contributed by atoms with Crippen molar-refractivity contribution in [3.63, 3.8) is 0 Å². The van der Waals surface area contributed by atoms with Crippen LogP contribution in [-0.4, -0.2) is 0 Å². The van der Waals surface area contributed by atoms with E-state index in [2.05, 4.69) is 37.5 Å². The van der Waals surface area contributed by atoms with E-state index >= 15 is 0 Å². The lowest BCUT2D eigenvalue weighted by molar-refractivity contribution is 0.567. The quantitative estimate of drug-likeness (QED) is 0.282. The van der Waals surface area contributed by atoms with E-state index in [1.165, 1.54) is 77.0 Å². The Morgan fingerprint density at radius 1 is 0.450 bits per heavy atom. The molecule has 0 N–H and O–H groups in total. The van der Waals surface area contributed by atoms with E-state index in [1.807, 2.05) is 0 Å². The lowest BCUT2D eigenvalue weighted by Gasteiger charge is -1.99. The molecule has 0 saturated heterocycles. The van der Waals surface area contributed by atoms with E-state index in [0.29, 0.717) is 0 Å². The predicted molar refractivity (Wildman–Crippen MR) is 91.5 cm³/mol. The molecule has 0 aromatic heterocycles. The van der Waals surface area contributed by atoms with Gasteiger partial charge < -0.3 is 0 Å². The average Bonchev–Trinajstić information content (AvgIpc) is 2.47. The normalized spacial score (nSPS) is 9.50.